The van der Waals surface area contributed by atoms with Crippen molar-refractivity contribution in [2.24, 2.45) is 0 Å². The van der Waals surface area contributed by atoms with E-state index in [1.165, 1.54) is 50.6 Å². The molecular formula is C34H31N10NaO8S2. The van der Waals surface area contributed by atoms with Crippen molar-refractivity contribution in [2.75, 3.05) is 35.5 Å². The van der Waals surface area contributed by atoms with Crippen LogP contribution in [0.5, 0.6) is 12.0 Å². The molecule has 18 nitrogen and oxygen atoms in total. The molecule has 0 atom stereocenters. The summed E-state index contributed by atoms with van der Waals surface area (Å²) in [6, 6.07) is 26.1. The van der Waals surface area contributed by atoms with E-state index in [9.17, 15) is 25.9 Å². The average molecular weight is 795 g/mol. The van der Waals surface area contributed by atoms with E-state index in [1.54, 1.807) is 24.3 Å². The van der Waals surface area contributed by atoms with Crippen LogP contribution in [0.4, 0.5) is 46.5 Å². The standard InChI is InChI=1S/C34H30N10O8S2.Na.H/c1-51-33-41-29(35-23-9-5-3-6-10-23)39-31(43-33)37-25-17-15-21(27(19-25)53(45,46)47)13-14-22-16-18-26(20-28(22)54(48,49)50)38-32-40-30(42-34(44-32)52-2)36-24-11-7-4-8-12-24;;/h3-20H,1-2H3,(H,45,46,47)(H,48,49,50)(H2,35,37,39,41,43)(H2,36,38,40,42,44);;. The van der Waals surface area contributed by atoms with E-state index in [2.05, 4.69) is 51.2 Å². The molecule has 0 bridgehead atoms. The molecule has 6 N–H and O–H groups in total. The zero-order valence-corrected chi connectivity index (χ0v) is 29.9. The first-order chi connectivity index (χ1) is 25.9. The number of methoxy groups -OCH3 is 2. The van der Waals surface area contributed by atoms with Gasteiger partial charge in [0.05, 0.1) is 14.2 Å². The Kier molecular flexibility index (Phi) is 12.9. The van der Waals surface area contributed by atoms with E-state index in [1.807, 2.05) is 36.4 Å². The third-order valence-electron chi connectivity index (χ3n) is 7.19. The SMILES string of the molecule is COc1nc(Nc2ccccc2)nc(Nc2ccc(C=Cc3ccc(Nc4nc(Nc5ccccc5)nc(OC)n4)cc3S(=O)(=O)O)c(S(=O)(=O)O)c2)n1.[NaH]. The zero-order valence-electron chi connectivity index (χ0n) is 28.2. The van der Waals surface area contributed by atoms with Gasteiger partial charge in [0.1, 0.15) is 9.79 Å². The topological polar surface area (TPSA) is 253 Å². The molecule has 0 aliphatic carbocycles. The van der Waals surface area contributed by atoms with Crippen molar-refractivity contribution < 1.29 is 35.4 Å². The van der Waals surface area contributed by atoms with Gasteiger partial charge in [0.15, 0.2) is 0 Å². The number of nitrogens with zero attached hydrogens (tertiary/aromatic N) is 6. The fraction of sp³-hybridized carbons (Fsp3) is 0.0588. The summed E-state index contributed by atoms with van der Waals surface area (Å²) in [4.78, 5) is 24.2. The van der Waals surface area contributed by atoms with Gasteiger partial charge in [-0.15, -0.1) is 0 Å². The van der Waals surface area contributed by atoms with Gasteiger partial charge in [-0.2, -0.15) is 46.7 Å². The quantitative estimate of drug-likeness (QED) is 0.0478. The van der Waals surface area contributed by atoms with Crippen molar-refractivity contribution in [1.29, 1.82) is 0 Å². The number of aromatic nitrogens is 6. The maximum atomic E-state index is 12.5. The van der Waals surface area contributed by atoms with E-state index < -0.39 is 30.0 Å². The summed E-state index contributed by atoms with van der Waals surface area (Å²) >= 11 is 0. The molecular weight excluding hydrogens is 764 g/mol. The van der Waals surface area contributed by atoms with Gasteiger partial charge in [0.2, 0.25) is 23.8 Å². The molecule has 21 heteroatoms. The van der Waals surface area contributed by atoms with E-state index in [0.29, 0.717) is 11.4 Å². The molecule has 0 aliphatic heterocycles. The Balaban J connectivity index is 0.00000580. The molecule has 2 heterocycles. The first kappa shape index (κ1) is 40.4. The van der Waals surface area contributed by atoms with Gasteiger partial charge < -0.3 is 30.7 Å². The maximum absolute atomic E-state index is 12.5. The molecule has 4 aromatic carbocycles. The van der Waals surface area contributed by atoms with Crippen LogP contribution in [-0.2, 0) is 20.2 Å². The fourth-order valence-electron chi connectivity index (χ4n) is 4.80. The van der Waals surface area contributed by atoms with Crippen LogP contribution in [0.15, 0.2) is 107 Å². The van der Waals surface area contributed by atoms with E-state index >= 15 is 0 Å². The Morgan fingerprint density at radius 2 is 0.818 bits per heavy atom. The molecule has 0 amide bonds. The fourth-order valence-corrected chi connectivity index (χ4v) is 6.22. The number of hydrogen-bond acceptors (Lipinski definition) is 16. The van der Waals surface area contributed by atoms with Gasteiger partial charge in [-0.1, -0.05) is 60.7 Å². The Hall–Kier alpha value is -5.74. The Morgan fingerprint density at radius 3 is 1.13 bits per heavy atom. The molecule has 0 radical (unpaired) electrons. The average Bonchev–Trinajstić information content (AvgIpc) is 3.14. The summed E-state index contributed by atoms with van der Waals surface area (Å²) in [5, 5.41) is 11.8. The second kappa shape index (κ2) is 17.6. The molecule has 55 heavy (non-hydrogen) atoms. The van der Waals surface area contributed by atoms with Crippen molar-refractivity contribution >= 4 is 108 Å². The van der Waals surface area contributed by atoms with Gasteiger partial charge in [-0.25, -0.2) is 0 Å². The monoisotopic (exact) mass is 794 g/mol. The van der Waals surface area contributed by atoms with Gasteiger partial charge in [-0.3, -0.25) is 9.11 Å². The number of benzene rings is 4. The molecule has 278 valence electrons. The predicted octanol–water partition coefficient (Wildman–Crippen LogP) is 5.06. The second-order valence-electron chi connectivity index (χ2n) is 11.0. The molecule has 2 aromatic heterocycles. The Labute approximate surface area is 337 Å². The van der Waals surface area contributed by atoms with Crippen LogP contribution >= 0.6 is 0 Å². The summed E-state index contributed by atoms with van der Waals surface area (Å²) in [5.41, 5.74) is 1.70. The van der Waals surface area contributed by atoms with Gasteiger partial charge in [0.25, 0.3) is 20.2 Å². The minimum atomic E-state index is -4.82. The molecule has 0 aliphatic rings. The van der Waals surface area contributed by atoms with Crippen LogP contribution in [0.25, 0.3) is 12.2 Å². The summed E-state index contributed by atoms with van der Waals surface area (Å²) in [6.07, 6.45) is 2.52. The molecule has 6 aromatic rings. The van der Waals surface area contributed by atoms with Crippen LogP contribution in [0.3, 0.4) is 0 Å². The van der Waals surface area contributed by atoms with Gasteiger partial charge >= 0.3 is 41.6 Å². The molecule has 6 rings (SSSR count). The van der Waals surface area contributed by atoms with Crippen LogP contribution in [0.2, 0.25) is 0 Å². The van der Waals surface area contributed by atoms with Gasteiger partial charge in [0, 0.05) is 22.7 Å². The van der Waals surface area contributed by atoms with Crippen LogP contribution in [0.1, 0.15) is 11.1 Å². The predicted molar refractivity (Wildman–Crippen MR) is 207 cm³/mol. The summed E-state index contributed by atoms with van der Waals surface area (Å²) in [7, 11) is -6.90. The first-order valence-corrected chi connectivity index (χ1v) is 18.4. The van der Waals surface area contributed by atoms with Gasteiger partial charge in [-0.05, 0) is 59.7 Å². The molecule has 0 fully saturated rings. The summed E-state index contributed by atoms with van der Waals surface area (Å²) < 4.78 is 80.6. The number of nitrogens with one attached hydrogen (secondary N) is 4. The third-order valence-corrected chi connectivity index (χ3v) is 9.01. The molecule has 0 spiro atoms. The van der Waals surface area contributed by atoms with Crippen LogP contribution < -0.4 is 30.7 Å². The Bertz CT molecular complexity index is 2380. The molecule has 0 saturated carbocycles. The number of rotatable bonds is 14. The van der Waals surface area contributed by atoms with Crippen molar-refractivity contribution in [3.05, 3.63) is 108 Å². The number of para-hydroxylation sites is 2. The van der Waals surface area contributed by atoms with E-state index in [-0.39, 0.29) is 87.9 Å². The minimum absolute atomic E-state index is 0. The number of ether oxygens (including phenoxy) is 2. The number of hydrogen-bond donors (Lipinski definition) is 6. The zero-order chi connectivity index (χ0) is 38.3. The van der Waals surface area contributed by atoms with Crippen LogP contribution in [0, 0.1) is 0 Å². The van der Waals surface area contributed by atoms with Crippen molar-refractivity contribution in [3.63, 3.8) is 0 Å². The Morgan fingerprint density at radius 1 is 0.491 bits per heavy atom. The van der Waals surface area contributed by atoms with Crippen molar-refractivity contribution in [1.82, 2.24) is 29.9 Å². The van der Waals surface area contributed by atoms with Crippen LogP contribution in [-0.4, -0.2) is 99.6 Å². The van der Waals surface area contributed by atoms with Crippen molar-refractivity contribution in [3.8, 4) is 12.0 Å². The second-order valence-corrected chi connectivity index (χ2v) is 13.7. The first-order valence-electron chi connectivity index (χ1n) is 15.6. The molecule has 0 unspecified atom stereocenters. The number of anilines is 8. The third kappa shape index (κ3) is 10.9. The van der Waals surface area contributed by atoms with Crippen molar-refractivity contribution in [2.45, 2.75) is 9.79 Å². The summed E-state index contributed by atoms with van der Waals surface area (Å²) in [5.74, 6) is 0.268. The molecule has 0 saturated heterocycles. The van der Waals surface area contributed by atoms with E-state index in [0.717, 1.165) is 12.1 Å². The summed E-state index contributed by atoms with van der Waals surface area (Å²) in [6.45, 7) is 0. The normalized spacial score (nSPS) is 11.3. The van der Waals surface area contributed by atoms with E-state index in [4.69, 9.17) is 9.47 Å².